The van der Waals surface area contributed by atoms with Crippen LogP contribution in [-0.2, 0) is 31.1 Å². The van der Waals surface area contributed by atoms with E-state index < -0.39 is 35.0 Å². The molecule has 0 radical (unpaired) electrons. The number of nitrogens with one attached hydrogen (secondary N) is 1. The summed E-state index contributed by atoms with van der Waals surface area (Å²) >= 11 is 1.51. The third-order valence-electron chi connectivity index (χ3n) is 10.6. The van der Waals surface area contributed by atoms with Gasteiger partial charge < -0.3 is 5.11 Å². The highest BCUT2D eigenvalue weighted by Crippen LogP contribution is 2.64. The number of nitrogens with zero attached hydrogens (tertiary/aromatic N) is 2. The van der Waals surface area contributed by atoms with Crippen molar-refractivity contribution in [1.29, 1.82) is 0 Å². The summed E-state index contributed by atoms with van der Waals surface area (Å²) in [6.07, 6.45) is 2.68. The van der Waals surface area contributed by atoms with Crippen LogP contribution < -0.4 is 5.43 Å². The Hall–Kier alpha value is -5.02. The minimum absolute atomic E-state index is 0.0846. The molecule has 4 aromatic rings. The number of rotatable bonds is 6. The summed E-state index contributed by atoms with van der Waals surface area (Å²) in [5.41, 5.74) is 5.82. The third kappa shape index (κ3) is 4.40. The molecule has 3 aromatic carbocycles. The van der Waals surface area contributed by atoms with Gasteiger partial charge in [-0.1, -0.05) is 77.9 Å². The number of carbonyl (C=O) groups excluding carboxylic acids is 4. The van der Waals surface area contributed by atoms with Gasteiger partial charge >= 0.3 is 0 Å². The fourth-order valence-corrected chi connectivity index (χ4v) is 9.26. The summed E-state index contributed by atoms with van der Waals surface area (Å²) in [5.74, 6) is -4.05. The van der Waals surface area contributed by atoms with Gasteiger partial charge in [-0.2, -0.15) is 5.01 Å². The van der Waals surface area contributed by atoms with Crippen LogP contribution in [0.2, 0.25) is 0 Å². The predicted molar refractivity (Wildman–Crippen MR) is 177 cm³/mol. The van der Waals surface area contributed by atoms with Crippen LogP contribution in [0.4, 0.5) is 5.69 Å². The number of imide groups is 2. The number of likely N-dealkylation sites (tertiary alicyclic amines) is 1. The third-order valence-corrected chi connectivity index (χ3v) is 11.5. The van der Waals surface area contributed by atoms with Gasteiger partial charge in [-0.25, -0.2) is 0 Å². The first kappa shape index (κ1) is 29.4. The molecule has 4 amide bonds. The van der Waals surface area contributed by atoms with Crippen LogP contribution in [0.25, 0.3) is 0 Å². The number of allylic oxidation sites excluding steroid dienone is 2. The molecule has 6 atom stereocenters. The molecule has 1 saturated carbocycles. The molecule has 3 heterocycles. The van der Waals surface area contributed by atoms with Crippen LogP contribution in [0, 0.1) is 30.6 Å². The molecule has 2 aliphatic carbocycles. The van der Waals surface area contributed by atoms with Gasteiger partial charge in [0.25, 0.3) is 11.8 Å². The molecule has 9 heteroatoms. The normalized spacial score (nSPS) is 28.2. The summed E-state index contributed by atoms with van der Waals surface area (Å²) in [5, 5.41) is 13.3. The Morgan fingerprint density at radius 3 is 2.30 bits per heavy atom. The maximum Gasteiger partial charge on any atom is 0.260 e. The zero-order chi connectivity index (χ0) is 32.4. The first-order chi connectivity index (χ1) is 22.8. The van der Waals surface area contributed by atoms with E-state index in [1.807, 2.05) is 79.0 Å². The Kier molecular flexibility index (Phi) is 6.91. The summed E-state index contributed by atoms with van der Waals surface area (Å²) in [6.45, 7) is 2.20. The van der Waals surface area contributed by atoms with Crippen molar-refractivity contribution >= 4 is 40.7 Å². The molecular weight excluding hydrogens is 611 g/mol. The number of benzene rings is 3. The van der Waals surface area contributed by atoms with E-state index in [9.17, 15) is 19.5 Å². The molecule has 0 bridgehead atoms. The number of hydrogen-bond donors (Lipinski definition) is 2. The Bertz CT molecular complexity index is 1920. The van der Waals surface area contributed by atoms with Crippen molar-refractivity contribution in [3.63, 3.8) is 0 Å². The van der Waals surface area contributed by atoms with Crippen LogP contribution in [0.5, 0.6) is 5.75 Å². The lowest BCUT2D eigenvalue weighted by atomic mass is 9.49. The van der Waals surface area contributed by atoms with Gasteiger partial charge in [0, 0.05) is 10.8 Å². The molecule has 0 unspecified atom stereocenters. The lowest BCUT2D eigenvalue weighted by Crippen LogP contribution is -2.53. The van der Waals surface area contributed by atoms with Crippen LogP contribution >= 0.6 is 11.3 Å². The van der Waals surface area contributed by atoms with Gasteiger partial charge in [-0.3, -0.25) is 29.5 Å². The van der Waals surface area contributed by atoms with Crippen molar-refractivity contribution in [3.05, 3.63) is 130 Å². The zero-order valence-corrected chi connectivity index (χ0v) is 26.5. The maximum atomic E-state index is 15.1. The van der Waals surface area contributed by atoms with Crippen molar-refractivity contribution in [3.8, 4) is 5.75 Å². The highest BCUT2D eigenvalue weighted by atomic mass is 32.1. The minimum atomic E-state index is -1.33. The van der Waals surface area contributed by atoms with E-state index >= 15 is 4.79 Å². The van der Waals surface area contributed by atoms with Gasteiger partial charge in [0.15, 0.2) is 0 Å². The fourth-order valence-electron chi connectivity index (χ4n) is 8.57. The second-order valence-corrected chi connectivity index (χ2v) is 14.1. The molecule has 47 heavy (non-hydrogen) atoms. The monoisotopic (exact) mass is 643 g/mol. The number of phenols is 1. The number of amides is 4. The molecular formula is C38H33N3O5S. The largest absolute Gasteiger partial charge is 0.508 e. The van der Waals surface area contributed by atoms with E-state index in [0.29, 0.717) is 17.7 Å². The number of fused-ring (bicyclic) bond motifs is 4. The van der Waals surface area contributed by atoms with Gasteiger partial charge in [-0.15, -0.1) is 11.3 Å². The molecule has 0 spiro atoms. The van der Waals surface area contributed by atoms with Crippen molar-refractivity contribution in [2.45, 2.75) is 37.6 Å². The first-order valence-corrected chi connectivity index (χ1v) is 16.8. The summed E-state index contributed by atoms with van der Waals surface area (Å²) in [6, 6.07) is 27.6. The van der Waals surface area contributed by atoms with E-state index in [0.717, 1.165) is 26.6 Å². The molecule has 2 N–H and O–H groups in total. The number of hydrazine groups is 1. The molecule has 1 aromatic heterocycles. The van der Waals surface area contributed by atoms with Crippen molar-refractivity contribution < 1.29 is 24.3 Å². The van der Waals surface area contributed by atoms with Crippen molar-refractivity contribution in [2.24, 2.45) is 23.7 Å². The van der Waals surface area contributed by atoms with E-state index in [1.165, 1.54) is 16.2 Å². The SMILES string of the molecule is Cc1ccc(NN2C(=O)[C@@H]3C[C@@H]4C(=CC[C@@H]5C(=O)N(Cc6cccs6)C(=O)[C@@H]54)[C@H](c4ccc(O)cc4)[C@]3(c3ccccc3)C2=O)cc1. The lowest BCUT2D eigenvalue weighted by molar-refractivity contribution is -0.141. The Morgan fingerprint density at radius 2 is 1.60 bits per heavy atom. The maximum absolute atomic E-state index is 15.1. The highest BCUT2D eigenvalue weighted by molar-refractivity contribution is 7.09. The van der Waals surface area contributed by atoms with Crippen LogP contribution in [-0.4, -0.2) is 38.6 Å². The van der Waals surface area contributed by atoms with Gasteiger partial charge in [-0.05, 0) is 72.5 Å². The van der Waals surface area contributed by atoms with Crippen LogP contribution in [0.15, 0.2) is 108 Å². The number of phenolic OH excluding ortho intramolecular Hbond substituents is 1. The summed E-state index contributed by atoms with van der Waals surface area (Å²) < 4.78 is 0. The second kappa shape index (κ2) is 11.1. The van der Waals surface area contributed by atoms with E-state index in [2.05, 4.69) is 11.5 Å². The summed E-state index contributed by atoms with van der Waals surface area (Å²) in [7, 11) is 0. The Labute approximate surface area is 276 Å². The van der Waals surface area contributed by atoms with Gasteiger partial charge in [0.2, 0.25) is 11.8 Å². The number of anilines is 1. The highest BCUT2D eigenvalue weighted by Gasteiger charge is 2.70. The van der Waals surface area contributed by atoms with Gasteiger partial charge in [0.1, 0.15) is 5.75 Å². The van der Waals surface area contributed by atoms with E-state index in [-0.39, 0.29) is 42.3 Å². The van der Waals surface area contributed by atoms with Crippen molar-refractivity contribution in [1.82, 2.24) is 9.91 Å². The first-order valence-electron chi connectivity index (χ1n) is 15.9. The fraction of sp³-hybridized carbons (Fsp3) is 0.263. The molecule has 3 fully saturated rings. The zero-order valence-electron chi connectivity index (χ0n) is 25.7. The number of thiophene rings is 1. The predicted octanol–water partition coefficient (Wildman–Crippen LogP) is 5.95. The number of hydrogen-bond acceptors (Lipinski definition) is 7. The van der Waals surface area contributed by atoms with Crippen LogP contribution in [0.1, 0.15) is 40.3 Å². The second-order valence-electron chi connectivity index (χ2n) is 13.0. The standard InChI is InChI=1S/C38H33N3O5S/c1-22-9-13-25(14-10-22)39-41-35(44)31-20-30-28(17-18-29-32(30)36(45)40(34(29)43)21-27-8-5-19-47-27)33(23-11-15-26(42)16-12-23)38(31,37(41)46)24-6-3-2-4-7-24/h2-17,19,29-33,39,42H,18,20-21H2,1H3/t29-,30+,31-,32-,33-,38+/m0/s1. The molecule has 236 valence electrons. The smallest absolute Gasteiger partial charge is 0.260 e. The quantitative estimate of drug-likeness (QED) is 0.199. The molecule has 8 nitrogen and oxygen atoms in total. The molecule has 8 rings (SSSR count). The number of aromatic hydroxyl groups is 1. The molecule has 2 saturated heterocycles. The minimum Gasteiger partial charge on any atom is -0.508 e. The van der Waals surface area contributed by atoms with Crippen molar-refractivity contribution in [2.75, 3.05) is 5.43 Å². The summed E-state index contributed by atoms with van der Waals surface area (Å²) in [4.78, 5) is 60.0. The molecule has 4 aliphatic rings. The van der Waals surface area contributed by atoms with Crippen LogP contribution in [0.3, 0.4) is 0 Å². The van der Waals surface area contributed by atoms with E-state index in [4.69, 9.17) is 0 Å². The average molecular weight is 644 g/mol. The average Bonchev–Trinajstić information content (AvgIpc) is 3.75. The van der Waals surface area contributed by atoms with Gasteiger partial charge in [0.05, 0.1) is 35.4 Å². The Balaban J connectivity index is 1.29. The number of aryl methyl sites for hydroxylation is 1. The molecule has 2 aliphatic heterocycles. The Morgan fingerprint density at radius 1 is 0.851 bits per heavy atom. The van der Waals surface area contributed by atoms with E-state index in [1.54, 1.807) is 24.3 Å². The lowest BCUT2D eigenvalue weighted by Gasteiger charge is -2.50. The number of carbonyl (C=O) groups is 4. The topological polar surface area (TPSA) is 107 Å².